The zero-order valence-corrected chi connectivity index (χ0v) is 13.8. The standard InChI is InChI=1S/C19H21NO4/c1-19(2,18(22)23)13-20-17(21)12-24-16-11-7-6-10-15(16)14-8-4-3-5-9-14/h3-11H,12-13H2,1-2H3,(H,20,21)(H,22,23). The van der Waals surface area contributed by atoms with E-state index in [1.54, 1.807) is 19.9 Å². The second-order valence-electron chi connectivity index (χ2n) is 6.12. The number of amides is 1. The smallest absolute Gasteiger partial charge is 0.310 e. The minimum Gasteiger partial charge on any atom is -0.483 e. The lowest BCUT2D eigenvalue weighted by atomic mass is 9.94. The molecular formula is C19H21NO4. The molecule has 5 nitrogen and oxygen atoms in total. The van der Waals surface area contributed by atoms with E-state index in [2.05, 4.69) is 5.32 Å². The van der Waals surface area contributed by atoms with Crippen LogP contribution in [0.1, 0.15) is 13.8 Å². The van der Waals surface area contributed by atoms with E-state index in [4.69, 9.17) is 9.84 Å². The highest BCUT2D eigenvalue weighted by atomic mass is 16.5. The largest absolute Gasteiger partial charge is 0.483 e. The predicted octanol–water partition coefficient (Wildman–Crippen LogP) is 2.96. The van der Waals surface area contributed by atoms with Crippen molar-refractivity contribution >= 4 is 11.9 Å². The normalized spacial score (nSPS) is 10.9. The third-order valence-corrected chi connectivity index (χ3v) is 3.64. The van der Waals surface area contributed by atoms with Crippen molar-refractivity contribution in [3.8, 4) is 16.9 Å². The summed E-state index contributed by atoms with van der Waals surface area (Å²) in [6, 6.07) is 17.2. The Balaban J connectivity index is 1.98. The van der Waals surface area contributed by atoms with Crippen molar-refractivity contribution in [3.63, 3.8) is 0 Å². The fourth-order valence-corrected chi connectivity index (χ4v) is 2.04. The molecule has 0 aliphatic rings. The molecule has 5 heteroatoms. The summed E-state index contributed by atoms with van der Waals surface area (Å²) < 4.78 is 5.62. The molecule has 0 spiro atoms. The first-order chi connectivity index (χ1) is 11.4. The number of para-hydroxylation sites is 1. The maximum atomic E-state index is 11.9. The molecule has 0 aliphatic heterocycles. The minimum absolute atomic E-state index is 0.0465. The second kappa shape index (κ2) is 7.64. The number of hydrogen-bond acceptors (Lipinski definition) is 3. The average Bonchev–Trinajstić information content (AvgIpc) is 2.59. The van der Waals surface area contributed by atoms with E-state index in [0.29, 0.717) is 5.75 Å². The van der Waals surface area contributed by atoms with Gasteiger partial charge in [-0.15, -0.1) is 0 Å². The van der Waals surface area contributed by atoms with Crippen LogP contribution < -0.4 is 10.1 Å². The molecule has 0 atom stereocenters. The molecule has 0 saturated carbocycles. The number of hydrogen-bond donors (Lipinski definition) is 2. The summed E-state index contributed by atoms with van der Waals surface area (Å²) in [5, 5.41) is 11.6. The highest BCUT2D eigenvalue weighted by molar-refractivity contribution is 5.80. The number of carbonyl (C=O) groups excluding carboxylic acids is 1. The maximum absolute atomic E-state index is 11.9. The molecule has 0 aromatic heterocycles. The van der Waals surface area contributed by atoms with Crippen LogP contribution in [-0.2, 0) is 9.59 Å². The molecule has 0 fully saturated rings. The van der Waals surface area contributed by atoms with E-state index >= 15 is 0 Å². The van der Waals surface area contributed by atoms with E-state index in [-0.39, 0.29) is 19.1 Å². The van der Waals surface area contributed by atoms with E-state index in [0.717, 1.165) is 11.1 Å². The lowest BCUT2D eigenvalue weighted by Crippen LogP contribution is -2.40. The fourth-order valence-electron chi connectivity index (χ4n) is 2.04. The number of ether oxygens (including phenoxy) is 1. The molecule has 2 aromatic rings. The summed E-state index contributed by atoms with van der Waals surface area (Å²) in [4.78, 5) is 22.9. The van der Waals surface area contributed by atoms with Crippen molar-refractivity contribution in [2.45, 2.75) is 13.8 Å². The molecule has 0 radical (unpaired) electrons. The quantitative estimate of drug-likeness (QED) is 0.820. The van der Waals surface area contributed by atoms with Crippen LogP contribution in [0.5, 0.6) is 5.75 Å². The molecule has 126 valence electrons. The first kappa shape index (κ1) is 17.5. The van der Waals surface area contributed by atoms with Gasteiger partial charge in [-0.25, -0.2) is 0 Å². The molecular weight excluding hydrogens is 306 g/mol. The summed E-state index contributed by atoms with van der Waals surface area (Å²) in [7, 11) is 0. The first-order valence-corrected chi connectivity index (χ1v) is 7.67. The van der Waals surface area contributed by atoms with E-state index in [1.807, 2.05) is 48.5 Å². The van der Waals surface area contributed by atoms with E-state index < -0.39 is 11.4 Å². The first-order valence-electron chi connectivity index (χ1n) is 7.67. The zero-order valence-electron chi connectivity index (χ0n) is 13.8. The zero-order chi connectivity index (χ0) is 17.6. The van der Waals surface area contributed by atoms with Crippen LogP contribution >= 0.6 is 0 Å². The number of carboxylic acid groups (broad SMARTS) is 1. The monoisotopic (exact) mass is 327 g/mol. The fraction of sp³-hybridized carbons (Fsp3) is 0.263. The van der Waals surface area contributed by atoms with Gasteiger partial charge in [0.05, 0.1) is 5.41 Å². The van der Waals surface area contributed by atoms with Crippen molar-refractivity contribution < 1.29 is 19.4 Å². The van der Waals surface area contributed by atoms with Gasteiger partial charge in [-0.2, -0.15) is 0 Å². The molecule has 0 heterocycles. The van der Waals surface area contributed by atoms with Crippen molar-refractivity contribution in [1.82, 2.24) is 5.32 Å². The van der Waals surface area contributed by atoms with Gasteiger partial charge in [0, 0.05) is 12.1 Å². The number of benzene rings is 2. The number of carbonyl (C=O) groups is 2. The predicted molar refractivity (Wildman–Crippen MR) is 91.8 cm³/mol. The maximum Gasteiger partial charge on any atom is 0.310 e. The molecule has 2 rings (SSSR count). The summed E-state index contributed by atoms with van der Waals surface area (Å²) >= 11 is 0. The van der Waals surface area contributed by atoms with Crippen molar-refractivity contribution in [1.29, 1.82) is 0 Å². The molecule has 2 aromatic carbocycles. The van der Waals surface area contributed by atoms with Gasteiger partial charge in [0.15, 0.2) is 6.61 Å². The second-order valence-corrected chi connectivity index (χ2v) is 6.12. The van der Waals surface area contributed by atoms with Gasteiger partial charge in [-0.3, -0.25) is 9.59 Å². The Morgan fingerprint density at radius 1 is 1.04 bits per heavy atom. The lowest BCUT2D eigenvalue weighted by Gasteiger charge is -2.19. The van der Waals surface area contributed by atoms with Gasteiger partial charge in [0.2, 0.25) is 0 Å². The number of rotatable bonds is 7. The average molecular weight is 327 g/mol. The summed E-state index contributed by atoms with van der Waals surface area (Å²) in [5.41, 5.74) is 0.884. The number of aliphatic carboxylic acids is 1. The van der Waals surface area contributed by atoms with Gasteiger partial charge < -0.3 is 15.2 Å². The van der Waals surface area contributed by atoms with Crippen LogP contribution in [-0.4, -0.2) is 30.1 Å². The van der Waals surface area contributed by atoms with E-state index in [9.17, 15) is 9.59 Å². The van der Waals surface area contributed by atoms with Crippen LogP contribution in [0.4, 0.5) is 0 Å². The Morgan fingerprint density at radius 3 is 2.33 bits per heavy atom. The third kappa shape index (κ3) is 4.59. The van der Waals surface area contributed by atoms with Crippen molar-refractivity contribution in [2.75, 3.05) is 13.2 Å². The van der Waals surface area contributed by atoms with Gasteiger partial charge in [-0.05, 0) is 25.5 Å². The minimum atomic E-state index is -1.02. The third-order valence-electron chi connectivity index (χ3n) is 3.64. The number of nitrogens with one attached hydrogen (secondary N) is 1. The highest BCUT2D eigenvalue weighted by Gasteiger charge is 2.27. The van der Waals surface area contributed by atoms with Crippen LogP contribution in [0.25, 0.3) is 11.1 Å². The highest BCUT2D eigenvalue weighted by Crippen LogP contribution is 2.29. The SMILES string of the molecule is CC(C)(CNC(=O)COc1ccccc1-c1ccccc1)C(=O)O. The van der Waals surface area contributed by atoms with Gasteiger partial charge in [0.1, 0.15) is 5.75 Å². The Bertz CT molecular complexity index is 710. The molecule has 0 aliphatic carbocycles. The van der Waals surface area contributed by atoms with Crippen LogP contribution in [0.2, 0.25) is 0 Å². The van der Waals surface area contributed by atoms with Crippen molar-refractivity contribution in [2.24, 2.45) is 5.41 Å². The Kier molecular flexibility index (Phi) is 5.58. The summed E-state index contributed by atoms with van der Waals surface area (Å²) in [6.45, 7) is 2.99. The Morgan fingerprint density at radius 2 is 1.67 bits per heavy atom. The van der Waals surface area contributed by atoms with E-state index in [1.165, 1.54) is 0 Å². The van der Waals surface area contributed by atoms with Gasteiger partial charge in [0.25, 0.3) is 5.91 Å². The topological polar surface area (TPSA) is 75.6 Å². The molecule has 0 bridgehead atoms. The molecule has 1 amide bonds. The molecule has 0 unspecified atom stereocenters. The summed E-state index contributed by atoms with van der Waals surface area (Å²) in [5.74, 6) is -0.707. The number of carboxylic acids is 1. The molecule has 2 N–H and O–H groups in total. The Hall–Kier alpha value is -2.82. The van der Waals surface area contributed by atoms with Crippen LogP contribution in [0.15, 0.2) is 54.6 Å². The van der Waals surface area contributed by atoms with Gasteiger partial charge >= 0.3 is 5.97 Å². The van der Waals surface area contributed by atoms with Crippen molar-refractivity contribution in [3.05, 3.63) is 54.6 Å². The Labute approximate surface area is 141 Å². The summed E-state index contributed by atoms with van der Waals surface area (Å²) in [6.07, 6.45) is 0. The molecule has 0 saturated heterocycles. The lowest BCUT2D eigenvalue weighted by molar-refractivity contribution is -0.146. The van der Waals surface area contributed by atoms with Crippen LogP contribution in [0.3, 0.4) is 0 Å². The molecule has 24 heavy (non-hydrogen) atoms. The van der Waals surface area contributed by atoms with Gasteiger partial charge in [-0.1, -0.05) is 48.5 Å². The van der Waals surface area contributed by atoms with Crippen LogP contribution in [0, 0.1) is 5.41 Å².